The number of amides is 2. The van der Waals surface area contributed by atoms with Crippen LogP contribution in [0.5, 0.6) is 5.75 Å². The predicted molar refractivity (Wildman–Crippen MR) is 88.9 cm³/mol. The van der Waals surface area contributed by atoms with Gasteiger partial charge in [0.05, 0.1) is 12.8 Å². The molecule has 1 aliphatic rings. The molecule has 0 N–H and O–H groups in total. The van der Waals surface area contributed by atoms with Gasteiger partial charge in [-0.05, 0) is 42.0 Å². The van der Waals surface area contributed by atoms with Gasteiger partial charge in [-0.15, -0.1) is 0 Å². The van der Waals surface area contributed by atoms with Gasteiger partial charge in [-0.2, -0.15) is 0 Å². The van der Waals surface area contributed by atoms with Gasteiger partial charge in [0.15, 0.2) is 0 Å². The lowest BCUT2D eigenvalue weighted by Gasteiger charge is -2.30. The minimum atomic E-state index is -0.189. The zero-order valence-corrected chi connectivity index (χ0v) is 13.4. The van der Waals surface area contributed by atoms with Gasteiger partial charge in [0, 0.05) is 23.8 Å². The molecule has 3 rings (SSSR count). The third-order valence-corrected chi connectivity index (χ3v) is 4.26. The zero-order chi connectivity index (χ0) is 16.4. The molecule has 0 unspecified atom stereocenters. The maximum Gasteiger partial charge on any atom is 0.234 e. The van der Waals surface area contributed by atoms with Gasteiger partial charge in [0.2, 0.25) is 11.8 Å². The predicted octanol–water partition coefficient (Wildman–Crippen LogP) is 3.79. The molecule has 0 aromatic heterocycles. The molecule has 1 aliphatic heterocycles. The topological polar surface area (TPSA) is 46.6 Å². The van der Waals surface area contributed by atoms with Crippen molar-refractivity contribution in [2.45, 2.75) is 18.8 Å². The van der Waals surface area contributed by atoms with E-state index in [9.17, 15) is 9.59 Å². The van der Waals surface area contributed by atoms with E-state index in [0.717, 1.165) is 5.56 Å². The van der Waals surface area contributed by atoms with Crippen LogP contribution < -0.4 is 9.64 Å². The molecule has 23 heavy (non-hydrogen) atoms. The van der Waals surface area contributed by atoms with Crippen LogP contribution in [-0.4, -0.2) is 18.9 Å². The van der Waals surface area contributed by atoms with Crippen LogP contribution in [0.2, 0.25) is 5.02 Å². The number of hydrogen-bond acceptors (Lipinski definition) is 3. The van der Waals surface area contributed by atoms with E-state index in [0.29, 0.717) is 29.3 Å². The number of benzene rings is 2. The minimum Gasteiger partial charge on any atom is -0.497 e. The highest BCUT2D eigenvalue weighted by Gasteiger charge is 2.34. The first-order chi connectivity index (χ1) is 11.1. The first-order valence-electron chi connectivity index (χ1n) is 7.34. The number of rotatable bonds is 3. The average molecular weight is 330 g/mol. The highest BCUT2D eigenvalue weighted by atomic mass is 35.5. The summed E-state index contributed by atoms with van der Waals surface area (Å²) in [5, 5.41) is 0.641. The highest BCUT2D eigenvalue weighted by Crippen LogP contribution is 2.33. The lowest BCUT2D eigenvalue weighted by Crippen LogP contribution is -2.42. The van der Waals surface area contributed by atoms with Crippen molar-refractivity contribution in [3.8, 4) is 5.75 Å². The number of carbonyl (C=O) groups excluding carboxylic acids is 2. The van der Waals surface area contributed by atoms with E-state index in [4.69, 9.17) is 16.3 Å². The van der Waals surface area contributed by atoms with Crippen LogP contribution in [0, 0.1) is 0 Å². The zero-order valence-electron chi connectivity index (χ0n) is 12.7. The molecule has 0 atom stereocenters. The summed E-state index contributed by atoms with van der Waals surface area (Å²) in [6.45, 7) is 0. The summed E-state index contributed by atoms with van der Waals surface area (Å²) in [5.41, 5.74) is 1.54. The number of methoxy groups -OCH3 is 1. The first kappa shape index (κ1) is 15.6. The van der Waals surface area contributed by atoms with Crippen molar-refractivity contribution >= 4 is 29.1 Å². The van der Waals surface area contributed by atoms with Crippen molar-refractivity contribution in [1.29, 1.82) is 0 Å². The van der Waals surface area contributed by atoms with E-state index in [1.54, 1.807) is 43.5 Å². The molecule has 0 spiro atoms. The number of carbonyl (C=O) groups is 2. The molecule has 1 fully saturated rings. The van der Waals surface area contributed by atoms with Crippen molar-refractivity contribution < 1.29 is 14.3 Å². The summed E-state index contributed by atoms with van der Waals surface area (Å²) in [4.78, 5) is 26.2. The maximum absolute atomic E-state index is 12.5. The number of piperidine rings is 1. The molecular weight excluding hydrogens is 314 g/mol. The fourth-order valence-corrected chi connectivity index (χ4v) is 2.93. The Kier molecular flexibility index (Phi) is 4.35. The Morgan fingerprint density at radius 3 is 2.04 bits per heavy atom. The van der Waals surface area contributed by atoms with E-state index >= 15 is 0 Å². The summed E-state index contributed by atoms with van der Waals surface area (Å²) < 4.78 is 5.10. The van der Waals surface area contributed by atoms with Crippen molar-refractivity contribution in [2.24, 2.45) is 0 Å². The first-order valence-corrected chi connectivity index (χ1v) is 7.71. The maximum atomic E-state index is 12.5. The van der Waals surface area contributed by atoms with Gasteiger partial charge in [0.25, 0.3) is 0 Å². The van der Waals surface area contributed by atoms with E-state index in [-0.39, 0.29) is 17.7 Å². The van der Waals surface area contributed by atoms with Gasteiger partial charge in [0.1, 0.15) is 5.75 Å². The van der Waals surface area contributed by atoms with Crippen LogP contribution >= 0.6 is 11.6 Å². The molecule has 4 nitrogen and oxygen atoms in total. The van der Waals surface area contributed by atoms with E-state index in [1.165, 1.54) is 4.90 Å². The number of hydrogen-bond donors (Lipinski definition) is 0. The Bertz CT molecular complexity index is 707. The van der Waals surface area contributed by atoms with Crippen LogP contribution in [0.3, 0.4) is 0 Å². The Balaban J connectivity index is 1.80. The quantitative estimate of drug-likeness (QED) is 0.805. The number of halogens is 1. The molecule has 2 aromatic carbocycles. The molecule has 0 saturated carbocycles. The minimum absolute atomic E-state index is 0.0956. The smallest absolute Gasteiger partial charge is 0.234 e. The molecule has 0 bridgehead atoms. The van der Waals surface area contributed by atoms with Gasteiger partial charge in [-0.3, -0.25) is 14.5 Å². The normalized spacial score (nSPS) is 15.8. The van der Waals surface area contributed by atoms with Crippen molar-refractivity contribution in [2.75, 3.05) is 12.0 Å². The molecular formula is C18H16ClNO3. The highest BCUT2D eigenvalue weighted by molar-refractivity contribution is 6.30. The summed E-state index contributed by atoms with van der Waals surface area (Å²) >= 11 is 5.88. The molecule has 5 heteroatoms. The largest absolute Gasteiger partial charge is 0.497 e. The van der Waals surface area contributed by atoms with Crippen LogP contribution in [0.4, 0.5) is 5.69 Å². The molecule has 2 amide bonds. The van der Waals surface area contributed by atoms with Crippen molar-refractivity contribution in [3.63, 3.8) is 0 Å². The van der Waals surface area contributed by atoms with Gasteiger partial charge >= 0.3 is 0 Å². The average Bonchev–Trinajstić information content (AvgIpc) is 2.55. The van der Waals surface area contributed by atoms with Gasteiger partial charge < -0.3 is 4.74 Å². The second kappa shape index (κ2) is 6.42. The number of nitrogens with zero attached hydrogens (tertiary/aromatic N) is 1. The lowest BCUT2D eigenvalue weighted by atomic mass is 9.88. The molecule has 118 valence electrons. The second-order valence-electron chi connectivity index (χ2n) is 5.48. The van der Waals surface area contributed by atoms with E-state index in [2.05, 4.69) is 0 Å². The molecule has 0 aliphatic carbocycles. The summed E-state index contributed by atoms with van der Waals surface area (Å²) in [6, 6.07) is 14.2. The van der Waals surface area contributed by atoms with Gasteiger partial charge in [-0.25, -0.2) is 0 Å². The van der Waals surface area contributed by atoms with Crippen LogP contribution in [0.15, 0.2) is 48.5 Å². The Morgan fingerprint density at radius 2 is 1.52 bits per heavy atom. The Morgan fingerprint density at radius 1 is 0.957 bits per heavy atom. The van der Waals surface area contributed by atoms with Crippen molar-refractivity contribution in [1.82, 2.24) is 0 Å². The fourth-order valence-electron chi connectivity index (χ4n) is 2.81. The number of imide groups is 1. The number of ether oxygens (including phenoxy) is 1. The third-order valence-electron chi connectivity index (χ3n) is 4.01. The van der Waals surface area contributed by atoms with E-state index in [1.807, 2.05) is 12.1 Å². The van der Waals surface area contributed by atoms with Crippen molar-refractivity contribution in [3.05, 3.63) is 59.1 Å². The molecule has 2 aromatic rings. The summed E-state index contributed by atoms with van der Waals surface area (Å²) in [7, 11) is 1.57. The monoisotopic (exact) mass is 329 g/mol. The summed E-state index contributed by atoms with van der Waals surface area (Å²) in [5.74, 6) is 0.212. The SMILES string of the molecule is COc1ccc(N2C(=O)CC(c3ccc(Cl)cc3)CC2=O)cc1. The standard InChI is InChI=1S/C18H16ClNO3/c1-23-16-8-6-15(7-9-16)20-17(21)10-13(11-18(20)22)12-2-4-14(19)5-3-12/h2-9,13H,10-11H2,1H3. The molecule has 1 saturated heterocycles. The van der Waals surface area contributed by atoms with Crippen LogP contribution in [0.1, 0.15) is 24.3 Å². The summed E-state index contributed by atoms with van der Waals surface area (Å²) in [6.07, 6.45) is 0.610. The van der Waals surface area contributed by atoms with E-state index < -0.39 is 0 Å². The fraction of sp³-hybridized carbons (Fsp3) is 0.222. The van der Waals surface area contributed by atoms with Crippen LogP contribution in [-0.2, 0) is 9.59 Å². The van der Waals surface area contributed by atoms with Crippen LogP contribution in [0.25, 0.3) is 0 Å². The Hall–Kier alpha value is -2.33. The molecule has 0 radical (unpaired) electrons. The Labute approximate surface area is 139 Å². The third kappa shape index (κ3) is 3.22. The number of anilines is 1. The second-order valence-corrected chi connectivity index (χ2v) is 5.91. The van der Waals surface area contributed by atoms with Gasteiger partial charge in [-0.1, -0.05) is 23.7 Å². The lowest BCUT2D eigenvalue weighted by molar-refractivity contribution is -0.129. The molecule has 1 heterocycles.